The number of hydrogen-bond acceptors (Lipinski definition) is 7. The van der Waals surface area contributed by atoms with Gasteiger partial charge in [-0.25, -0.2) is 14.8 Å². The van der Waals surface area contributed by atoms with Crippen LogP contribution in [0.5, 0.6) is 5.88 Å². The van der Waals surface area contributed by atoms with Gasteiger partial charge in [0.2, 0.25) is 5.88 Å². The molecule has 154 valence electrons. The van der Waals surface area contributed by atoms with Crippen LogP contribution in [0.1, 0.15) is 16.7 Å². The number of fused-ring (bicyclic) bond motifs is 2. The van der Waals surface area contributed by atoms with E-state index < -0.39 is 11.2 Å². The molecule has 0 aliphatic carbocycles. The fraction of sp³-hybridized carbons (Fsp3) is 0.286. The lowest BCUT2D eigenvalue weighted by atomic mass is 10.1. The number of H-pyrrole nitrogens is 1. The van der Waals surface area contributed by atoms with Gasteiger partial charge in [-0.05, 0) is 48.7 Å². The number of hydrogen-bond donors (Lipinski definition) is 2. The summed E-state index contributed by atoms with van der Waals surface area (Å²) < 4.78 is 7.03. The zero-order chi connectivity index (χ0) is 21.3. The predicted molar refractivity (Wildman–Crippen MR) is 113 cm³/mol. The van der Waals surface area contributed by atoms with Gasteiger partial charge in [0.05, 0.1) is 18.1 Å². The van der Waals surface area contributed by atoms with Gasteiger partial charge in [-0.2, -0.15) is 4.98 Å². The highest BCUT2D eigenvalue weighted by Crippen LogP contribution is 2.23. The van der Waals surface area contributed by atoms with Crippen molar-refractivity contribution in [1.29, 1.82) is 0 Å². The number of benzene rings is 1. The van der Waals surface area contributed by atoms with E-state index in [1.165, 1.54) is 0 Å². The van der Waals surface area contributed by atoms with E-state index in [-0.39, 0.29) is 11.5 Å². The van der Waals surface area contributed by atoms with Crippen molar-refractivity contribution in [2.45, 2.75) is 26.9 Å². The second kappa shape index (κ2) is 8.03. The van der Waals surface area contributed by atoms with E-state index in [0.29, 0.717) is 31.0 Å². The minimum absolute atomic E-state index is 0.157. The van der Waals surface area contributed by atoms with Crippen molar-refractivity contribution in [3.05, 3.63) is 68.0 Å². The number of nitrogens with one attached hydrogen (secondary N) is 2. The van der Waals surface area contributed by atoms with Crippen molar-refractivity contribution in [3.8, 4) is 17.4 Å². The van der Waals surface area contributed by atoms with E-state index in [1.54, 1.807) is 13.3 Å². The number of methoxy groups -OCH3 is 1. The monoisotopic (exact) mass is 406 g/mol. The normalized spacial score (nSPS) is 11.3. The molecule has 0 saturated carbocycles. The first-order chi connectivity index (χ1) is 14.5. The number of ether oxygens (including phenoxy) is 1. The first kappa shape index (κ1) is 19.7. The van der Waals surface area contributed by atoms with Gasteiger partial charge < -0.3 is 14.6 Å². The molecule has 30 heavy (non-hydrogen) atoms. The number of pyridine rings is 1. The minimum atomic E-state index is -0.678. The molecule has 0 atom stereocenters. The minimum Gasteiger partial charge on any atom is -0.481 e. The molecule has 2 N–H and O–H groups in total. The third-order valence-corrected chi connectivity index (χ3v) is 5.07. The molecule has 2 aromatic rings. The van der Waals surface area contributed by atoms with Crippen LogP contribution < -0.4 is 21.3 Å². The summed E-state index contributed by atoms with van der Waals surface area (Å²) in [5.41, 5.74) is 3.69. The Morgan fingerprint density at radius 2 is 1.93 bits per heavy atom. The smallest absolute Gasteiger partial charge is 0.349 e. The molecule has 3 heterocycles. The maximum atomic E-state index is 12.3. The second-order valence-electron chi connectivity index (χ2n) is 7.12. The number of aromatic amines is 1. The summed E-state index contributed by atoms with van der Waals surface area (Å²) in [5, 5.41) is 3.37. The van der Waals surface area contributed by atoms with Gasteiger partial charge in [-0.1, -0.05) is 0 Å². The van der Waals surface area contributed by atoms with Crippen molar-refractivity contribution < 1.29 is 4.74 Å². The average Bonchev–Trinajstić information content (AvgIpc) is 2.72. The van der Waals surface area contributed by atoms with Crippen LogP contribution in [-0.4, -0.2) is 38.2 Å². The highest BCUT2D eigenvalue weighted by atomic mass is 16.5. The van der Waals surface area contributed by atoms with Gasteiger partial charge in [0.1, 0.15) is 0 Å². The third kappa shape index (κ3) is 3.79. The molecule has 9 nitrogen and oxygen atoms in total. The van der Waals surface area contributed by atoms with Crippen LogP contribution in [0, 0.1) is 13.8 Å². The van der Waals surface area contributed by atoms with Gasteiger partial charge >= 0.3 is 5.69 Å². The fourth-order valence-corrected chi connectivity index (χ4v) is 3.37. The Kier molecular flexibility index (Phi) is 5.28. The fourth-order valence-electron chi connectivity index (χ4n) is 3.37. The molecular weight excluding hydrogens is 384 g/mol. The quantitative estimate of drug-likeness (QED) is 0.367. The molecule has 2 aliphatic heterocycles. The zero-order valence-corrected chi connectivity index (χ0v) is 17.0. The standard InChI is InChI=1S/C21H22N6O3/c1-12-8-15-16(9-13(12)2)27(19-18(24-15)20(28)26-21(29)25-19)7-6-22-11-14-4-5-23-17(10-14)30-3/h4-5,8-10,22H,6-7,11H2,1-3H3,(H,26,28,29). The Morgan fingerprint density at radius 3 is 2.73 bits per heavy atom. The largest absolute Gasteiger partial charge is 0.481 e. The van der Waals surface area contributed by atoms with Crippen LogP contribution in [0.3, 0.4) is 0 Å². The molecule has 0 amide bonds. The van der Waals surface area contributed by atoms with E-state index in [2.05, 4.69) is 25.3 Å². The lowest BCUT2D eigenvalue weighted by Gasteiger charge is -2.18. The van der Waals surface area contributed by atoms with Gasteiger partial charge in [-0.15, -0.1) is 0 Å². The van der Waals surface area contributed by atoms with Gasteiger partial charge in [0.15, 0.2) is 11.5 Å². The molecule has 0 radical (unpaired) electrons. The van der Waals surface area contributed by atoms with E-state index >= 15 is 0 Å². The van der Waals surface area contributed by atoms with Crippen molar-refractivity contribution in [3.63, 3.8) is 0 Å². The molecular formula is C21H22N6O3. The molecule has 0 spiro atoms. The Hall–Kier alpha value is -3.59. The topological polar surface area (TPSA) is 115 Å². The molecule has 1 aromatic heterocycles. The molecule has 0 saturated heterocycles. The molecule has 1 aromatic carbocycles. The van der Waals surface area contributed by atoms with Crippen LogP contribution in [-0.2, 0) is 13.1 Å². The summed E-state index contributed by atoms with van der Waals surface area (Å²) in [6.07, 6.45) is 1.70. The number of rotatable bonds is 6. The Bertz CT molecular complexity index is 1310. The highest BCUT2D eigenvalue weighted by molar-refractivity contribution is 5.81. The number of aryl methyl sites for hydroxylation is 2. The molecule has 0 fully saturated rings. The lowest BCUT2D eigenvalue weighted by Crippen LogP contribution is -2.30. The van der Waals surface area contributed by atoms with Crippen molar-refractivity contribution in [2.75, 3.05) is 13.7 Å². The van der Waals surface area contributed by atoms with Gasteiger partial charge in [0.25, 0.3) is 5.56 Å². The lowest BCUT2D eigenvalue weighted by molar-refractivity contribution is 0.397. The summed E-state index contributed by atoms with van der Waals surface area (Å²) in [4.78, 5) is 39.0. The van der Waals surface area contributed by atoms with E-state index in [4.69, 9.17) is 4.74 Å². The molecule has 4 rings (SSSR count). The molecule has 0 unspecified atom stereocenters. The summed E-state index contributed by atoms with van der Waals surface area (Å²) in [6.45, 7) is 5.75. The Balaban J connectivity index is 1.67. The summed E-state index contributed by atoms with van der Waals surface area (Å²) in [5.74, 6) is 0.846. The summed E-state index contributed by atoms with van der Waals surface area (Å²) in [6, 6.07) is 7.74. The Morgan fingerprint density at radius 1 is 1.13 bits per heavy atom. The predicted octanol–water partition coefficient (Wildman–Crippen LogP) is 1.39. The Labute approximate surface area is 172 Å². The first-order valence-electron chi connectivity index (χ1n) is 9.58. The highest BCUT2D eigenvalue weighted by Gasteiger charge is 2.19. The summed E-state index contributed by atoms with van der Waals surface area (Å²) >= 11 is 0. The zero-order valence-electron chi connectivity index (χ0n) is 17.0. The molecule has 0 bridgehead atoms. The van der Waals surface area contributed by atoms with Crippen LogP contribution in [0.25, 0.3) is 22.6 Å². The SMILES string of the molecule is COc1cc(CNCCn2c3nc(=O)[nH]c(=O)c-3nc3cc(C)c(C)cc32)ccn1. The van der Waals surface area contributed by atoms with Gasteiger partial charge in [0, 0.05) is 31.9 Å². The average molecular weight is 406 g/mol. The van der Waals surface area contributed by atoms with Crippen molar-refractivity contribution in [1.82, 2.24) is 29.8 Å². The summed E-state index contributed by atoms with van der Waals surface area (Å²) in [7, 11) is 1.58. The van der Waals surface area contributed by atoms with Crippen LogP contribution >= 0.6 is 0 Å². The first-order valence-corrected chi connectivity index (χ1v) is 9.58. The number of aromatic nitrogens is 5. The maximum Gasteiger partial charge on any atom is 0.349 e. The maximum absolute atomic E-state index is 12.3. The molecule has 9 heteroatoms. The second-order valence-corrected chi connectivity index (χ2v) is 7.12. The van der Waals surface area contributed by atoms with Crippen LogP contribution in [0.4, 0.5) is 0 Å². The van der Waals surface area contributed by atoms with Crippen LogP contribution in [0.2, 0.25) is 0 Å². The third-order valence-electron chi connectivity index (χ3n) is 5.07. The van der Waals surface area contributed by atoms with Crippen molar-refractivity contribution >= 4 is 11.0 Å². The van der Waals surface area contributed by atoms with E-state index in [0.717, 1.165) is 22.2 Å². The van der Waals surface area contributed by atoms with E-state index in [9.17, 15) is 9.59 Å². The number of nitrogens with zero attached hydrogens (tertiary/aromatic N) is 4. The van der Waals surface area contributed by atoms with Crippen LogP contribution in [0.15, 0.2) is 40.1 Å². The van der Waals surface area contributed by atoms with E-state index in [1.807, 2.05) is 42.7 Å². The van der Waals surface area contributed by atoms with Gasteiger partial charge in [-0.3, -0.25) is 9.78 Å². The van der Waals surface area contributed by atoms with Crippen molar-refractivity contribution in [2.24, 2.45) is 0 Å². The molecule has 2 aliphatic rings.